The van der Waals surface area contributed by atoms with Gasteiger partial charge in [-0.05, 0) is 55.2 Å². The van der Waals surface area contributed by atoms with Gasteiger partial charge in [0.2, 0.25) is 0 Å². The molecule has 3 nitrogen and oxygen atoms in total. The molecule has 3 heteroatoms. The maximum atomic E-state index is 6.49. The number of fused-ring (bicyclic) bond motifs is 3. The van der Waals surface area contributed by atoms with Crippen LogP contribution in [0.25, 0.3) is 0 Å². The number of nitrogens with two attached hydrogens (primary N) is 1. The molecule has 0 amide bonds. The Morgan fingerprint density at radius 2 is 1.58 bits per heavy atom. The van der Waals surface area contributed by atoms with Crippen molar-refractivity contribution in [3.05, 3.63) is 23.8 Å². The van der Waals surface area contributed by atoms with Crippen molar-refractivity contribution in [2.45, 2.75) is 37.6 Å². The van der Waals surface area contributed by atoms with Gasteiger partial charge in [-0.15, -0.1) is 0 Å². The fourth-order valence-corrected chi connectivity index (χ4v) is 4.05. The first-order valence-electron chi connectivity index (χ1n) is 7.22. The number of ether oxygens (including phenoxy) is 2. The van der Waals surface area contributed by atoms with Crippen molar-refractivity contribution in [2.24, 2.45) is 17.6 Å². The SMILES string of the molecule is COc1ccc([C@@H]2C3CCC(CC3)[C@@H]2N)cc1OC. The van der Waals surface area contributed by atoms with E-state index in [-0.39, 0.29) is 0 Å². The second-order valence-electron chi connectivity index (χ2n) is 5.89. The van der Waals surface area contributed by atoms with Crippen molar-refractivity contribution in [1.29, 1.82) is 0 Å². The van der Waals surface area contributed by atoms with E-state index >= 15 is 0 Å². The van der Waals surface area contributed by atoms with Crippen LogP contribution in [0.5, 0.6) is 11.5 Å². The first-order valence-corrected chi connectivity index (χ1v) is 7.22. The number of methoxy groups -OCH3 is 2. The molecular formula is C16H23NO2. The molecule has 1 aromatic carbocycles. The average molecular weight is 261 g/mol. The molecule has 2 N–H and O–H groups in total. The molecule has 0 radical (unpaired) electrons. The summed E-state index contributed by atoms with van der Waals surface area (Å²) < 4.78 is 10.7. The molecule has 0 unspecified atom stereocenters. The van der Waals surface area contributed by atoms with E-state index in [0.717, 1.165) is 17.4 Å². The van der Waals surface area contributed by atoms with Crippen molar-refractivity contribution in [2.75, 3.05) is 14.2 Å². The van der Waals surface area contributed by atoms with Crippen molar-refractivity contribution >= 4 is 0 Å². The smallest absolute Gasteiger partial charge is 0.160 e. The highest BCUT2D eigenvalue weighted by Gasteiger charge is 2.42. The Morgan fingerprint density at radius 1 is 0.947 bits per heavy atom. The van der Waals surface area contributed by atoms with Crippen LogP contribution in [-0.4, -0.2) is 20.3 Å². The van der Waals surface area contributed by atoms with E-state index in [1.165, 1.54) is 31.2 Å². The third-order valence-corrected chi connectivity index (χ3v) is 5.08. The topological polar surface area (TPSA) is 44.5 Å². The molecular weight excluding hydrogens is 238 g/mol. The molecule has 3 saturated carbocycles. The first kappa shape index (κ1) is 12.8. The Bertz CT molecular complexity index is 450. The molecule has 0 aromatic heterocycles. The van der Waals surface area contributed by atoms with Crippen LogP contribution in [0.15, 0.2) is 18.2 Å². The summed E-state index contributed by atoms with van der Waals surface area (Å²) in [4.78, 5) is 0. The van der Waals surface area contributed by atoms with Crippen LogP contribution < -0.4 is 15.2 Å². The molecule has 19 heavy (non-hydrogen) atoms. The summed E-state index contributed by atoms with van der Waals surface area (Å²) in [5, 5.41) is 0. The highest BCUT2D eigenvalue weighted by Crippen LogP contribution is 2.49. The molecule has 1 aromatic rings. The lowest BCUT2D eigenvalue weighted by molar-refractivity contribution is 0.116. The fourth-order valence-electron chi connectivity index (χ4n) is 4.05. The molecule has 104 valence electrons. The van der Waals surface area contributed by atoms with E-state index < -0.39 is 0 Å². The Hall–Kier alpha value is -1.22. The zero-order chi connectivity index (χ0) is 13.4. The minimum atomic E-state index is 0.311. The molecule has 0 spiro atoms. The highest BCUT2D eigenvalue weighted by atomic mass is 16.5. The number of hydrogen-bond acceptors (Lipinski definition) is 3. The van der Waals surface area contributed by atoms with E-state index in [1.807, 2.05) is 6.07 Å². The van der Waals surface area contributed by atoms with Crippen LogP contribution in [0.1, 0.15) is 37.2 Å². The second kappa shape index (κ2) is 5.04. The van der Waals surface area contributed by atoms with E-state index in [2.05, 4.69) is 12.1 Å². The maximum absolute atomic E-state index is 6.49. The van der Waals surface area contributed by atoms with Crippen LogP contribution in [0.3, 0.4) is 0 Å². The molecule has 3 fully saturated rings. The summed E-state index contributed by atoms with van der Waals surface area (Å²) in [6, 6.07) is 6.59. The zero-order valence-electron chi connectivity index (χ0n) is 11.8. The Morgan fingerprint density at radius 3 is 2.16 bits per heavy atom. The largest absolute Gasteiger partial charge is 0.493 e. The molecule has 0 heterocycles. The lowest BCUT2D eigenvalue weighted by Crippen LogP contribution is -2.47. The van der Waals surface area contributed by atoms with Crippen LogP contribution in [-0.2, 0) is 0 Å². The summed E-state index contributed by atoms with van der Waals surface area (Å²) in [5.41, 5.74) is 7.81. The summed E-state index contributed by atoms with van der Waals surface area (Å²) in [7, 11) is 3.36. The van der Waals surface area contributed by atoms with Crippen LogP contribution in [0, 0.1) is 11.8 Å². The lowest BCUT2D eigenvalue weighted by Gasteiger charge is -2.47. The van der Waals surface area contributed by atoms with Gasteiger partial charge in [-0.3, -0.25) is 0 Å². The summed E-state index contributed by atoms with van der Waals surface area (Å²) in [5.74, 6) is 3.56. The predicted octanol–water partition coefficient (Wildman–Crippen LogP) is 2.93. The summed E-state index contributed by atoms with van der Waals surface area (Å²) in [6.07, 6.45) is 5.29. The van der Waals surface area contributed by atoms with Crippen LogP contribution >= 0.6 is 0 Å². The predicted molar refractivity (Wildman–Crippen MR) is 75.7 cm³/mol. The van der Waals surface area contributed by atoms with Gasteiger partial charge >= 0.3 is 0 Å². The van der Waals surface area contributed by atoms with E-state index in [9.17, 15) is 0 Å². The highest BCUT2D eigenvalue weighted by molar-refractivity contribution is 5.44. The molecule has 2 bridgehead atoms. The van der Waals surface area contributed by atoms with Gasteiger partial charge in [0.15, 0.2) is 11.5 Å². The minimum Gasteiger partial charge on any atom is -0.493 e. The second-order valence-corrected chi connectivity index (χ2v) is 5.89. The van der Waals surface area contributed by atoms with Crippen molar-refractivity contribution in [1.82, 2.24) is 0 Å². The van der Waals surface area contributed by atoms with Gasteiger partial charge < -0.3 is 15.2 Å². The molecule has 0 saturated heterocycles. The Kier molecular flexibility index (Phi) is 3.40. The Balaban J connectivity index is 1.93. The fraction of sp³-hybridized carbons (Fsp3) is 0.625. The van der Waals surface area contributed by atoms with Crippen molar-refractivity contribution in [3.8, 4) is 11.5 Å². The van der Waals surface area contributed by atoms with Crippen molar-refractivity contribution in [3.63, 3.8) is 0 Å². The van der Waals surface area contributed by atoms with Crippen molar-refractivity contribution < 1.29 is 9.47 Å². The third kappa shape index (κ3) is 2.10. The quantitative estimate of drug-likeness (QED) is 0.910. The molecule has 0 aliphatic heterocycles. The van der Waals surface area contributed by atoms with Gasteiger partial charge in [0.1, 0.15) is 0 Å². The number of benzene rings is 1. The third-order valence-electron chi connectivity index (χ3n) is 5.08. The van der Waals surface area contributed by atoms with Gasteiger partial charge in [-0.2, -0.15) is 0 Å². The zero-order valence-corrected chi connectivity index (χ0v) is 11.8. The van der Waals surface area contributed by atoms with Crippen LogP contribution in [0.2, 0.25) is 0 Å². The number of rotatable bonds is 3. The standard InChI is InChI=1S/C16H23NO2/c1-18-13-8-7-12(9-14(13)19-2)15-10-3-5-11(6-4-10)16(15)17/h7-11,15-16H,3-6,17H2,1-2H3/t10?,11?,15-,16-/m0/s1. The average Bonchev–Trinajstić information content (AvgIpc) is 2.47. The number of hydrogen-bond donors (Lipinski definition) is 1. The maximum Gasteiger partial charge on any atom is 0.160 e. The normalized spacial score (nSPS) is 33.2. The molecule has 3 aliphatic rings. The molecule has 3 aliphatic carbocycles. The van der Waals surface area contributed by atoms with E-state index in [4.69, 9.17) is 15.2 Å². The lowest BCUT2D eigenvalue weighted by atomic mass is 9.60. The van der Waals surface area contributed by atoms with Gasteiger partial charge in [0, 0.05) is 12.0 Å². The van der Waals surface area contributed by atoms with Gasteiger partial charge in [0.25, 0.3) is 0 Å². The van der Waals surface area contributed by atoms with Gasteiger partial charge in [-0.25, -0.2) is 0 Å². The first-order chi connectivity index (χ1) is 9.24. The van der Waals surface area contributed by atoms with Gasteiger partial charge in [0.05, 0.1) is 14.2 Å². The van der Waals surface area contributed by atoms with E-state index in [1.54, 1.807) is 14.2 Å². The minimum absolute atomic E-state index is 0.311. The summed E-state index contributed by atoms with van der Waals surface area (Å²) >= 11 is 0. The monoisotopic (exact) mass is 261 g/mol. The Labute approximate surface area is 115 Å². The van der Waals surface area contributed by atoms with Gasteiger partial charge in [-0.1, -0.05) is 6.07 Å². The van der Waals surface area contributed by atoms with Crippen LogP contribution in [0.4, 0.5) is 0 Å². The summed E-state index contributed by atoms with van der Waals surface area (Å²) in [6.45, 7) is 0. The molecule has 2 atom stereocenters. The molecule has 4 rings (SSSR count). The van der Waals surface area contributed by atoms with E-state index in [0.29, 0.717) is 17.9 Å².